The summed E-state index contributed by atoms with van der Waals surface area (Å²) < 4.78 is 27.1. The van der Waals surface area contributed by atoms with E-state index in [1.807, 2.05) is 12.1 Å². The molecule has 1 aromatic heterocycles. The van der Waals surface area contributed by atoms with E-state index >= 15 is 0 Å². The molecular weight excluding hydrogens is 364 g/mol. The predicted octanol–water partition coefficient (Wildman–Crippen LogP) is 2.79. The van der Waals surface area contributed by atoms with Gasteiger partial charge in [-0.2, -0.15) is 0 Å². The number of Topliss-reactive ketones (excluding diaryl/α,β-unsaturated/α-hetero) is 1. The molecule has 0 amide bonds. The summed E-state index contributed by atoms with van der Waals surface area (Å²) in [5.41, 5.74) is 1.95. The molecule has 0 spiro atoms. The van der Waals surface area contributed by atoms with Crippen molar-refractivity contribution in [2.75, 3.05) is 34.5 Å². The molecule has 1 N–H and O–H groups in total. The van der Waals surface area contributed by atoms with Crippen LogP contribution in [0.4, 0.5) is 0 Å². The number of aromatic amines is 1. The number of aromatic nitrogens is 2. The molecule has 8 nitrogen and oxygen atoms in total. The molecule has 28 heavy (non-hydrogen) atoms. The van der Waals surface area contributed by atoms with E-state index in [9.17, 15) is 4.79 Å². The molecular formula is C20H20N2O6. The Balaban J connectivity index is 1.63. The smallest absolute Gasteiger partial charge is 0.203 e. The van der Waals surface area contributed by atoms with Crippen molar-refractivity contribution in [3.05, 3.63) is 35.7 Å². The summed E-state index contributed by atoms with van der Waals surface area (Å²) in [5, 5.41) is 0. The predicted molar refractivity (Wildman–Crippen MR) is 101 cm³/mol. The number of carbonyl (C=O) groups excluding carboxylic acids is 1. The number of ether oxygens (including phenoxy) is 5. The van der Waals surface area contributed by atoms with Crippen molar-refractivity contribution in [1.82, 2.24) is 9.97 Å². The molecule has 146 valence electrons. The molecule has 0 unspecified atom stereocenters. The third kappa shape index (κ3) is 3.17. The topological polar surface area (TPSA) is 91.9 Å². The molecule has 0 fully saturated rings. The van der Waals surface area contributed by atoms with E-state index < -0.39 is 0 Å². The van der Waals surface area contributed by atoms with Crippen LogP contribution in [0, 0.1) is 0 Å². The molecule has 0 aliphatic carbocycles. The van der Waals surface area contributed by atoms with E-state index in [0.29, 0.717) is 53.3 Å². The minimum absolute atomic E-state index is 0.0969. The van der Waals surface area contributed by atoms with Gasteiger partial charge < -0.3 is 28.7 Å². The van der Waals surface area contributed by atoms with Crippen molar-refractivity contribution in [2.24, 2.45) is 0 Å². The van der Waals surface area contributed by atoms with Crippen molar-refractivity contribution < 1.29 is 28.5 Å². The maximum absolute atomic E-state index is 12.8. The Labute approximate surface area is 161 Å². The third-order valence-corrected chi connectivity index (χ3v) is 4.51. The van der Waals surface area contributed by atoms with Gasteiger partial charge in [-0.15, -0.1) is 0 Å². The van der Waals surface area contributed by atoms with Crippen molar-refractivity contribution >= 4 is 16.8 Å². The summed E-state index contributed by atoms with van der Waals surface area (Å²) in [4.78, 5) is 20.5. The van der Waals surface area contributed by atoms with Crippen LogP contribution >= 0.6 is 0 Å². The number of H-pyrrole nitrogens is 1. The number of rotatable bonds is 6. The molecule has 0 bridgehead atoms. The van der Waals surface area contributed by atoms with Crippen molar-refractivity contribution in [1.29, 1.82) is 0 Å². The second-order valence-corrected chi connectivity index (χ2v) is 6.21. The van der Waals surface area contributed by atoms with Gasteiger partial charge in [-0.05, 0) is 12.1 Å². The van der Waals surface area contributed by atoms with Crippen LogP contribution in [0.3, 0.4) is 0 Å². The van der Waals surface area contributed by atoms with Gasteiger partial charge in [0.1, 0.15) is 19.0 Å². The summed E-state index contributed by atoms with van der Waals surface area (Å²) in [7, 11) is 4.54. The summed E-state index contributed by atoms with van der Waals surface area (Å²) in [5.74, 6) is 3.05. The molecule has 1 aliphatic rings. The van der Waals surface area contributed by atoms with Gasteiger partial charge in [0.15, 0.2) is 28.8 Å². The van der Waals surface area contributed by atoms with Crippen molar-refractivity contribution in [3.63, 3.8) is 0 Å². The maximum Gasteiger partial charge on any atom is 0.203 e. The van der Waals surface area contributed by atoms with E-state index in [1.165, 1.54) is 21.3 Å². The number of benzene rings is 2. The fraction of sp³-hybridized carbons (Fsp3) is 0.300. The standard InChI is InChI=1S/C20H20N2O6/c1-24-17-6-11(7-18(25-2)20(17)26-3)14(23)10-19-21-12-8-15-16(9-13(12)22-19)28-5-4-27-15/h6-9H,4-5,10H2,1-3H3,(H,21,22). The molecule has 2 heterocycles. The second-order valence-electron chi connectivity index (χ2n) is 6.21. The van der Waals surface area contributed by atoms with E-state index in [4.69, 9.17) is 23.7 Å². The lowest BCUT2D eigenvalue weighted by Gasteiger charge is -2.17. The Bertz CT molecular complexity index is 975. The molecule has 3 aromatic rings. The van der Waals surface area contributed by atoms with Crippen LogP contribution in [0.25, 0.3) is 11.0 Å². The minimum atomic E-state index is -0.129. The van der Waals surface area contributed by atoms with Crippen LogP contribution in [-0.4, -0.2) is 50.3 Å². The van der Waals surface area contributed by atoms with Gasteiger partial charge in [0.25, 0.3) is 0 Å². The van der Waals surface area contributed by atoms with Crippen LogP contribution in [-0.2, 0) is 6.42 Å². The average Bonchev–Trinajstić information content (AvgIpc) is 3.11. The molecule has 2 aromatic carbocycles. The summed E-state index contributed by atoms with van der Waals surface area (Å²) in [6, 6.07) is 6.91. The highest BCUT2D eigenvalue weighted by Gasteiger charge is 2.19. The fourth-order valence-electron chi connectivity index (χ4n) is 3.18. The maximum atomic E-state index is 12.8. The molecule has 0 radical (unpaired) electrons. The highest BCUT2D eigenvalue weighted by molar-refractivity contribution is 5.98. The van der Waals surface area contributed by atoms with Crippen LogP contribution in [0.2, 0.25) is 0 Å². The highest BCUT2D eigenvalue weighted by Crippen LogP contribution is 2.38. The minimum Gasteiger partial charge on any atom is -0.493 e. The lowest BCUT2D eigenvalue weighted by molar-refractivity contribution is 0.0990. The zero-order valence-corrected chi connectivity index (χ0v) is 15.8. The Morgan fingerprint density at radius 2 is 1.64 bits per heavy atom. The zero-order valence-electron chi connectivity index (χ0n) is 15.8. The van der Waals surface area contributed by atoms with Crippen LogP contribution < -0.4 is 23.7 Å². The third-order valence-electron chi connectivity index (χ3n) is 4.51. The SMILES string of the molecule is COc1cc(C(=O)Cc2nc3cc4c(cc3[nH]2)OCCO4)cc(OC)c1OC. The number of methoxy groups -OCH3 is 3. The first-order valence-corrected chi connectivity index (χ1v) is 8.74. The van der Waals surface area contributed by atoms with Crippen molar-refractivity contribution in [2.45, 2.75) is 6.42 Å². The number of nitrogens with one attached hydrogen (secondary N) is 1. The average molecular weight is 384 g/mol. The Hall–Kier alpha value is -3.42. The van der Waals surface area contributed by atoms with Crippen LogP contribution in [0.15, 0.2) is 24.3 Å². The van der Waals surface area contributed by atoms with Gasteiger partial charge in [0, 0.05) is 17.7 Å². The summed E-state index contributed by atoms with van der Waals surface area (Å²) in [6.45, 7) is 1.02. The normalized spacial score (nSPS) is 12.7. The number of hydrogen-bond donors (Lipinski definition) is 1. The van der Waals surface area contributed by atoms with Gasteiger partial charge in [0.05, 0.1) is 38.8 Å². The van der Waals surface area contributed by atoms with Gasteiger partial charge >= 0.3 is 0 Å². The number of hydrogen-bond acceptors (Lipinski definition) is 7. The van der Waals surface area contributed by atoms with E-state index in [-0.39, 0.29) is 12.2 Å². The number of fused-ring (bicyclic) bond motifs is 2. The van der Waals surface area contributed by atoms with Crippen LogP contribution in [0.5, 0.6) is 28.7 Å². The lowest BCUT2D eigenvalue weighted by atomic mass is 10.1. The van der Waals surface area contributed by atoms with E-state index in [0.717, 1.165) is 11.0 Å². The Morgan fingerprint density at radius 3 is 2.25 bits per heavy atom. The highest BCUT2D eigenvalue weighted by atomic mass is 16.6. The van der Waals surface area contributed by atoms with Gasteiger partial charge in [-0.25, -0.2) is 4.98 Å². The summed E-state index contributed by atoms with van der Waals surface area (Å²) in [6.07, 6.45) is 0.0969. The lowest BCUT2D eigenvalue weighted by Crippen LogP contribution is -2.15. The quantitative estimate of drug-likeness (QED) is 0.653. The number of ketones is 1. The number of nitrogens with zero attached hydrogens (tertiary/aromatic N) is 1. The monoisotopic (exact) mass is 384 g/mol. The van der Waals surface area contributed by atoms with Crippen LogP contribution in [0.1, 0.15) is 16.2 Å². The molecule has 8 heteroatoms. The zero-order chi connectivity index (χ0) is 19.7. The Morgan fingerprint density at radius 1 is 1.00 bits per heavy atom. The number of imidazole rings is 1. The Kier molecular flexibility index (Phi) is 4.68. The second kappa shape index (κ2) is 7.30. The molecule has 4 rings (SSSR count). The van der Waals surface area contributed by atoms with E-state index in [1.54, 1.807) is 12.1 Å². The number of carbonyl (C=O) groups is 1. The van der Waals surface area contributed by atoms with Gasteiger partial charge in [-0.1, -0.05) is 0 Å². The van der Waals surface area contributed by atoms with E-state index in [2.05, 4.69) is 9.97 Å². The summed E-state index contributed by atoms with van der Waals surface area (Å²) >= 11 is 0. The van der Waals surface area contributed by atoms with Gasteiger partial charge in [-0.3, -0.25) is 4.79 Å². The first-order valence-electron chi connectivity index (χ1n) is 8.74. The van der Waals surface area contributed by atoms with Gasteiger partial charge in [0.2, 0.25) is 5.75 Å². The molecule has 0 saturated heterocycles. The molecule has 0 atom stereocenters. The fourth-order valence-corrected chi connectivity index (χ4v) is 3.18. The first kappa shape index (κ1) is 18.0. The largest absolute Gasteiger partial charge is 0.493 e. The first-order chi connectivity index (χ1) is 13.6. The molecule has 0 saturated carbocycles. The van der Waals surface area contributed by atoms with Crippen molar-refractivity contribution in [3.8, 4) is 28.7 Å². The molecule has 1 aliphatic heterocycles.